The molecule has 0 bridgehead atoms. The van der Waals surface area contributed by atoms with Crippen LogP contribution in [0.15, 0.2) is 29.9 Å². The van der Waals surface area contributed by atoms with E-state index < -0.39 is 0 Å². The SMILES string of the molecule is CCn1cc(CN2CCN(CC(O)c3cccs3)CC2)cn1. The highest BCUT2D eigenvalue weighted by atomic mass is 32.1. The summed E-state index contributed by atoms with van der Waals surface area (Å²) in [7, 11) is 0. The molecule has 2 aromatic heterocycles. The van der Waals surface area contributed by atoms with Crippen LogP contribution in [-0.4, -0.2) is 57.4 Å². The Morgan fingerprint density at radius 1 is 1.27 bits per heavy atom. The lowest BCUT2D eigenvalue weighted by atomic mass is 10.2. The van der Waals surface area contributed by atoms with Gasteiger partial charge in [0.15, 0.2) is 0 Å². The lowest BCUT2D eigenvalue weighted by Crippen LogP contribution is -2.46. The largest absolute Gasteiger partial charge is 0.386 e. The fourth-order valence-corrected chi connectivity index (χ4v) is 3.57. The number of nitrogens with zero attached hydrogens (tertiary/aromatic N) is 4. The Hall–Kier alpha value is -1.21. The van der Waals surface area contributed by atoms with Gasteiger partial charge in [0.25, 0.3) is 0 Å². The van der Waals surface area contributed by atoms with Crippen LogP contribution in [0.4, 0.5) is 0 Å². The van der Waals surface area contributed by atoms with Crippen LogP contribution >= 0.6 is 11.3 Å². The summed E-state index contributed by atoms with van der Waals surface area (Å²) in [6.45, 7) is 8.88. The average Bonchev–Trinajstić information content (AvgIpc) is 3.20. The Labute approximate surface area is 135 Å². The third-order valence-electron chi connectivity index (χ3n) is 4.18. The van der Waals surface area contributed by atoms with Gasteiger partial charge in [-0.05, 0) is 18.4 Å². The molecule has 2 aromatic rings. The minimum atomic E-state index is -0.352. The Morgan fingerprint density at radius 2 is 2.05 bits per heavy atom. The highest BCUT2D eigenvalue weighted by Crippen LogP contribution is 2.20. The molecule has 1 atom stereocenters. The first-order valence-corrected chi connectivity index (χ1v) is 8.80. The molecule has 1 aliphatic heterocycles. The monoisotopic (exact) mass is 320 g/mol. The van der Waals surface area contributed by atoms with Crippen LogP contribution < -0.4 is 0 Å². The van der Waals surface area contributed by atoms with Crippen LogP contribution in [0, 0.1) is 0 Å². The van der Waals surface area contributed by atoms with Gasteiger partial charge in [-0.25, -0.2) is 0 Å². The molecular formula is C16H24N4OS. The van der Waals surface area contributed by atoms with Crippen molar-refractivity contribution in [1.82, 2.24) is 19.6 Å². The van der Waals surface area contributed by atoms with Gasteiger partial charge in [0.05, 0.1) is 6.20 Å². The lowest BCUT2D eigenvalue weighted by molar-refractivity contribution is 0.0716. The van der Waals surface area contributed by atoms with Gasteiger partial charge in [0, 0.05) is 62.5 Å². The first-order valence-electron chi connectivity index (χ1n) is 7.92. The zero-order valence-electron chi connectivity index (χ0n) is 13.1. The minimum absolute atomic E-state index is 0.352. The van der Waals surface area contributed by atoms with Gasteiger partial charge in [-0.2, -0.15) is 5.10 Å². The van der Waals surface area contributed by atoms with Gasteiger partial charge in [0.1, 0.15) is 6.10 Å². The van der Waals surface area contributed by atoms with E-state index in [1.165, 1.54) is 5.56 Å². The van der Waals surface area contributed by atoms with Crippen LogP contribution in [0.25, 0.3) is 0 Å². The summed E-state index contributed by atoms with van der Waals surface area (Å²) >= 11 is 1.63. The second-order valence-electron chi connectivity index (χ2n) is 5.81. The molecule has 6 heteroatoms. The summed E-state index contributed by atoms with van der Waals surface area (Å²) in [5.74, 6) is 0. The zero-order chi connectivity index (χ0) is 15.4. The second-order valence-corrected chi connectivity index (χ2v) is 6.79. The Bertz CT molecular complexity index is 560. The quantitative estimate of drug-likeness (QED) is 0.882. The van der Waals surface area contributed by atoms with E-state index in [1.54, 1.807) is 11.3 Å². The van der Waals surface area contributed by atoms with Crippen molar-refractivity contribution in [2.24, 2.45) is 0 Å². The topological polar surface area (TPSA) is 44.5 Å². The molecule has 0 saturated carbocycles. The first-order chi connectivity index (χ1) is 10.7. The van der Waals surface area contributed by atoms with Crippen LogP contribution in [0.5, 0.6) is 0 Å². The smallest absolute Gasteiger partial charge is 0.101 e. The Kier molecular flexibility index (Phi) is 5.25. The van der Waals surface area contributed by atoms with Crippen molar-refractivity contribution in [3.63, 3.8) is 0 Å². The van der Waals surface area contributed by atoms with Crippen molar-refractivity contribution < 1.29 is 5.11 Å². The van der Waals surface area contributed by atoms with Gasteiger partial charge in [-0.1, -0.05) is 6.07 Å². The number of thiophene rings is 1. The number of aliphatic hydroxyl groups is 1. The maximum Gasteiger partial charge on any atom is 0.101 e. The number of hydrogen-bond donors (Lipinski definition) is 1. The van der Waals surface area contributed by atoms with Crippen molar-refractivity contribution >= 4 is 11.3 Å². The number of aromatic nitrogens is 2. The summed E-state index contributed by atoms with van der Waals surface area (Å²) in [5.41, 5.74) is 1.29. The second kappa shape index (κ2) is 7.37. The molecule has 1 aliphatic rings. The predicted molar refractivity (Wildman–Crippen MR) is 88.9 cm³/mol. The molecule has 1 saturated heterocycles. The van der Waals surface area contributed by atoms with Crippen molar-refractivity contribution in [1.29, 1.82) is 0 Å². The summed E-state index contributed by atoms with van der Waals surface area (Å²) in [5, 5.41) is 16.6. The number of β-amino-alcohol motifs (C(OH)–C–C–N with tert-alkyl or cyclic N) is 1. The third kappa shape index (κ3) is 3.95. The summed E-state index contributed by atoms with van der Waals surface area (Å²) in [6.07, 6.45) is 3.75. The third-order valence-corrected chi connectivity index (χ3v) is 5.16. The van der Waals surface area contributed by atoms with Gasteiger partial charge in [-0.3, -0.25) is 14.5 Å². The average molecular weight is 320 g/mol. The van der Waals surface area contributed by atoms with E-state index >= 15 is 0 Å². The van der Waals surface area contributed by atoms with Gasteiger partial charge in [0.2, 0.25) is 0 Å². The zero-order valence-corrected chi connectivity index (χ0v) is 13.9. The predicted octanol–water partition coefficient (Wildman–Crippen LogP) is 1.82. The molecule has 5 nitrogen and oxygen atoms in total. The lowest BCUT2D eigenvalue weighted by Gasteiger charge is -2.35. The number of rotatable bonds is 6. The summed E-state index contributed by atoms with van der Waals surface area (Å²) in [4.78, 5) is 5.89. The van der Waals surface area contributed by atoms with E-state index in [2.05, 4.69) is 28.0 Å². The van der Waals surface area contributed by atoms with Crippen molar-refractivity contribution in [2.45, 2.75) is 26.1 Å². The van der Waals surface area contributed by atoms with Crippen LogP contribution in [-0.2, 0) is 13.1 Å². The highest BCUT2D eigenvalue weighted by Gasteiger charge is 2.20. The molecule has 0 radical (unpaired) electrons. The summed E-state index contributed by atoms with van der Waals surface area (Å²) < 4.78 is 1.98. The molecule has 1 unspecified atom stereocenters. The molecule has 1 N–H and O–H groups in total. The molecule has 0 aliphatic carbocycles. The van der Waals surface area contributed by atoms with E-state index in [0.717, 1.165) is 50.7 Å². The highest BCUT2D eigenvalue weighted by molar-refractivity contribution is 7.10. The standard InChI is InChI=1S/C16H24N4OS/c1-2-20-12-14(10-17-20)11-18-5-7-19(8-6-18)13-15(21)16-4-3-9-22-16/h3-4,9-10,12,15,21H,2,5-8,11,13H2,1H3. The first kappa shape index (κ1) is 15.7. The van der Waals surface area contributed by atoms with Crippen molar-refractivity contribution in [2.75, 3.05) is 32.7 Å². The van der Waals surface area contributed by atoms with Gasteiger partial charge < -0.3 is 5.11 Å². The van der Waals surface area contributed by atoms with E-state index in [0.29, 0.717) is 0 Å². The number of piperazine rings is 1. The van der Waals surface area contributed by atoms with Crippen LogP contribution in [0.1, 0.15) is 23.5 Å². The summed E-state index contributed by atoms with van der Waals surface area (Å²) in [6, 6.07) is 4.01. The minimum Gasteiger partial charge on any atom is -0.386 e. The van der Waals surface area contributed by atoms with Crippen molar-refractivity contribution in [3.8, 4) is 0 Å². The molecule has 0 spiro atoms. The number of aliphatic hydroxyl groups excluding tert-OH is 1. The molecule has 22 heavy (non-hydrogen) atoms. The maximum absolute atomic E-state index is 10.2. The van der Waals surface area contributed by atoms with Gasteiger partial charge >= 0.3 is 0 Å². The van der Waals surface area contributed by atoms with Crippen LogP contribution in [0.3, 0.4) is 0 Å². The van der Waals surface area contributed by atoms with E-state index in [1.807, 2.05) is 28.4 Å². The Morgan fingerprint density at radius 3 is 2.68 bits per heavy atom. The van der Waals surface area contributed by atoms with E-state index in [9.17, 15) is 5.11 Å². The number of hydrogen-bond acceptors (Lipinski definition) is 5. The molecular weight excluding hydrogens is 296 g/mol. The molecule has 0 aromatic carbocycles. The van der Waals surface area contributed by atoms with Crippen LogP contribution in [0.2, 0.25) is 0 Å². The van der Waals surface area contributed by atoms with Crippen molar-refractivity contribution in [3.05, 3.63) is 40.3 Å². The molecule has 120 valence electrons. The van der Waals surface area contributed by atoms with E-state index in [-0.39, 0.29) is 6.10 Å². The number of aryl methyl sites for hydroxylation is 1. The maximum atomic E-state index is 10.2. The Balaban J connectivity index is 1.44. The fourth-order valence-electron chi connectivity index (χ4n) is 2.86. The normalized spacial score (nSPS) is 18.6. The van der Waals surface area contributed by atoms with E-state index in [4.69, 9.17) is 0 Å². The molecule has 3 heterocycles. The van der Waals surface area contributed by atoms with Gasteiger partial charge in [-0.15, -0.1) is 11.3 Å². The molecule has 1 fully saturated rings. The fraction of sp³-hybridized carbons (Fsp3) is 0.562. The molecule has 3 rings (SSSR count). The molecule has 0 amide bonds.